The fraction of sp³-hybridized carbons (Fsp3) is 0.308. The van der Waals surface area contributed by atoms with Gasteiger partial charge in [-0.25, -0.2) is 0 Å². The summed E-state index contributed by atoms with van der Waals surface area (Å²) in [5, 5.41) is 9.07. The molecule has 0 fully saturated rings. The Balaban J connectivity index is 2.62. The zero-order valence-electron chi connectivity index (χ0n) is 9.85. The van der Waals surface area contributed by atoms with Gasteiger partial charge in [-0.15, -0.1) is 0 Å². The molecule has 1 unspecified atom stereocenters. The molecule has 0 aliphatic carbocycles. The van der Waals surface area contributed by atoms with Crippen LogP contribution in [0.2, 0.25) is 5.02 Å². The molecule has 96 valence electrons. The maximum absolute atomic E-state index is 11.7. The molecule has 1 rings (SSSR count). The van der Waals surface area contributed by atoms with Crippen LogP contribution in [-0.2, 0) is 9.59 Å². The van der Waals surface area contributed by atoms with E-state index in [0.29, 0.717) is 10.6 Å². The Labute approximate surface area is 110 Å². The first-order valence-corrected chi connectivity index (χ1v) is 5.81. The van der Waals surface area contributed by atoms with Crippen molar-refractivity contribution in [2.75, 3.05) is 0 Å². The van der Waals surface area contributed by atoms with Crippen LogP contribution in [0.3, 0.4) is 0 Å². The quantitative estimate of drug-likeness (QED) is 0.636. The van der Waals surface area contributed by atoms with Gasteiger partial charge in [-0.3, -0.25) is 14.4 Å². The Morgan fingerprint density at radius 2 is 1.78 bits per heavy atom. The van der Waals surface area contributed by atoms with Crippen LogP contribution in [0, 0.1) is 5.92 Å². The highest BCUT2D eigenvalue weighted by molar-refractivity contribution is 6.30. The predicted octanol–water partition coefficient (Wildman–Crippen LogP) is 2.59. The molecule has 0 aliphatic rings. The van der Waals surface area contributed by atoms with Gasteiger partial charge in [0.15, 0.2) is 5.78 Å². The molecule has 0 heterocycles. The van der Waals surface area contributed by atoms with Gasteiger partial charge in [0.2, 0.25) is 0 Å². The summed E-state index contributed by atoms with van der Waals surface area (Å²) in [5.74, 6) is -2.39. The Morgan fingerprint density at radius 3 is 2.28 bits per heavy atom. The molecule has 0 saturated carbocycles. The summed E-state index contributed by atoms with van der Waals surface area (Å²) in [6, 6.07) is 6.22. The normalized spacial score (nSPS) is 11.9. The van der Waals surface area contributed by atoms with E-state index in [4.69, 9.17) is 16.7 Å². The van der Waals surface area contributed by atoms with Crippen LogP contribution in [0.4, 0.5) is 0 Å². The van der Waals surface area contributed by atoms with Crippen molar-refractivity contribution in [1.82, 2.24) is 0 Å². The second-order valence-electron chi connectivity index (χ2n) is 4.07. The van der Waals surface area contributed by atoms with Gasteiger partial charge in [0.05, 0.1) is 12.8 Å². The summed E-state index contributed by atoms with van der Waals surface area (Å²) in [5.41, 5.74) is 0.398. The highest BCUT2D eigenvalue weighted by Crippen LogP contribution is 2.13. The molecular weight excluding hydrogens is 256 g/mol. The molecule has 0 radical (unpaired) electrons. The van der Waals surface area contributed by atoms with E-state index in [1.54, 1.807) is 24.3 Å². The molecule has 0 spiro atoms. The molecule has 1 N–H and O–H groups in total. The van der Waals surface area contributed by atoms with Gasteiger partial charge < -0.3 is 5.11 Å². The van der Waals surface area contributed by atoms with Crippen LogP contribution < -0.4 is 0 Å². The number of hydrogen-bond donors (Lipinski definition) is 1. The molecule has 18 heavy (non-hydrogen) atoms. The SMILES string of the molecule is CC(CC(=O)O)C(=O)CC(=O)c1ccc(Cl)cc1. The maximum Gasteiger partial charge on any atom is 0.304 e. The van der Waals surface area contributed by atoms with Crippen molar-refractivity contribution in [2.24, 2.45) is 5.92 Å². The highest BCUT2D eigenvalue weighted by atomic mass is 35.5. The molecule has 0 amide bonds. The van der Waals surface area contributed by atoms with E-state index in [2.05, 4.69) is 0 Å². The standard InChI is InChI=1S/C13H13ClO4/c1-8(6-13(17)18)11(15)7-12(16)9-2-4-10(14)5-3-9/h2-5,8H,6-7H2,1H3,(H,17,18). The van der Waals surface area contributed by atoms with Crippen molar-refractivity contribution in [3.8, 4) is 0 Å². The molecule has 5 heteroatoms. The molecule has 1 atom stereocenters. The summed E-state index contributed by atoms with van der Waals surface area (Å²) in [7, 11) is 0. The van der Waals surface area contributed by atoms with Gasteiger partial charge in [-0.1, -0.05) is 18.5 Å². The molecular formula is C13H13ClO4. The minimum Gasteiger partial charge on any atom is -0.481 e. The van der Waals surface area contributed by atoms with Crippen molar-refractivity contribution in [2.45, 2.75) is 19.8 Å². The number of carbonyl (C=O) groups excluding carboxylic acids is 2. The maximum atomic E-state index is 11.7. The number of carbonyl (C=O) groups is 3. The lowest BCUT2D eigenvalue weighted by Gasteiger charge is -2.07. The lowest BCUT2D eigenvalue weighted by atomic mass is 9.96. The van der Waals surface area contributed by atoms with Crippen LogP contribution >= 0.6 is 11.6 Å². The molecule has 0 saturated heterocycles. The summed E-state index contributed by atoms with van der Waals surface area (Å²) >= 11 is 5.69. The van der Waals surface area contributed by atoms with E-state index in [0.717, 1.165) is 0 Å². The number of aliphatic carboxylic acids is 1. The van der Waals surface area contributed by atoms with Gasteiger partial charge >= 0.3 is 5.97 Å². The number of ketones is 2. The van der Waals surface area contributed by atoms with Crippen molar-refractivity contribution in [1.29, 1.82) is 0 Å². The van der Waals surface area contributed by atoms with Gasteiger partial charge in [-0.2, -0.15) is 0 Å². The number of halogens is 1. The summed E-state index contributed by atoms with van der Waals surface area (Å²) in [4.78, 5) is 33.8. The smallest absolute Gasteiger partial charge is 0.304 e. The van der Waals surface area contributed by atoms with E-state index >= 15 is 0 Å². The minimum atomic E-state index is -1.05. The van der Waals surface area contributed by atoms with Crippen LogP contribution in [0.1, 0.15) is 30.1 Å². The topological polar surface area (TPSA) is 71.4 Å². The van der Waals surface area contributed by atoms with Crippen molar-refractivity contribution < 1.29 is 19.5 Å². The van der Waals surface area contributed by atoms with E-state index in [9.17, 15) is 14.4 Å². The zero-order chi connectivity index (χ0) is 13.7. The Hall–Kier alpha value is -1.68. The van der Waals surface area contributed by atoms with Crippen molar-refractivity contribution in [3.63, 3.8) is 0 Å². The van der Waals surface area contributed by atoms with E-state index in [1.807, 2.05) is 0 Å². The first kappa shape index (κ1) is 14.4. The summed E-state index contributed by atoms with van der Waals surface area (Å²) in [6.07, 6.45) is -0.539. The summed E-state index contributed by atoms with van der Waals surface area (Å²) in [6.45, 7) is 1.51. The number of rotatable bonds is 6. The fourth-order valence-corrected chi connectivity index (χ4v) is 1.57. The second kappa shape index (κ2) is 6.31. The third-order valence-electron chi connectivity index (χ3n) is 2.53. The monoisotopic (exact) mass is 268 g/mol. The number of hydrogen-bond acceptors (Lipinski definition) is 3. The molecule has 0 aliphatic heterocycles. The molecule has 0 aromatic heterocycles. The predicted molar refractivity (Wildman–Crippen MR) is 66.8 cm³/mol. The highest BCUT2D eigenvalue weighted by Gasteiger charge is 2.20. The Bertz CT molecular complexity index is 464. The van der Waals surface area contributed by atoms with Gasteiger partial charge in [0.25, 0.3) is 0 Å². The summed E-state index contributed by atoms with van der Waals surface area (Å²) < 4.78 is 0. The van der Waals surface area contributed by atoms with E-state index < -0.39 is 11.9 Å². The lowest BCUT2D eigenvalue weighted by molar-refractivity contribution is -0.140. The van der Waals surface area contributed by atoms with Crippen LogP contribution in [-0.4, -0.2) is 22.6 Å². The largest absolute Gasteiger partial charge is 0.481 e. The van der Waals surface area contributed by atoms with Gasteiger partial charge in [0.1, 0.15) is 5.78 Å². The van der Waals surface area contributed by atoms with Crippen molar-refractivity contribution in [3.05, 3.63) is 34.9 Å². The fourth-order valence-electron chi connectivity index (χ4n) is 1.45. The Morgan fingerprint density at radius 1 is 1.22 bits per heavy atom. The third kappa shape index (κ3) is 4.30. The van der Waals surface area contributed by atoms with Gasteiger partial charge in [-0.05, 0) is 24.3 Å². The molecule has 4 nitrogen and oxygen atoms in total. The average molecular weight is 269 g/mol. The molecule has 0 bridgehead atoms. The van der Waals surface area contributed by atoms with E-state index in [-0.39, 0.29) is 24.4 Å². The second-order valence-corrected chi connectivity index (χ2v) is 4.51. The van der Waals surface area contributed by atoms with Crippen LogP contribution in [0.5, 0.6) is 0 Å². The average Bonchev–Trinajstić information content (AvgIpc) is 2.28. The third-order valence-corrected chi connectivity index (χ3v) is 2.78. The first-order valence-electron chi connectivity index (χ1n) is 5.43. The van der Waals surface area contributed by atoms with Crippen LogP contribution in [0.15, 0.2) is 24.3 Å². The first-order chi connectivity index (χ1) is 8.40. The number of Topliss-reactive ketones (excluding diaryl/α,β-unsaturated/α-hetero) is 2. The molecule has 1 aromatic rings. The van der Waals surface area contributed by atoms with Crippen molar-refractivity contribution >= 4 is 29.1 Å². The number of carboxylic acid groups (broad SMARTS) is 1. The minimum absolute atomic E-state index is 0.257. The lowest BCUT2D eigenvalue weighted by Crippen LogP contribution is -2.18. The number of benzene rings is 1. The number of carboxylic acids is 1. The van der Waals surface area contributed by atoms with Crippen LogP contribution in [0.25, 0.3) is 0 Å². The van der Waals surface area contributed by atoms with Gasteiger partial charge in [0, 0.05) is 16.5 Å². The Kier molecular flexibility index (Phi) is 5.04. The van der Waals surface area contributed by atoms with E-state index in [1.165, 1.54) is 6.92 Å². The molecule has 1 aromatic carbocycles. The zero-order valence-corrected chi connectivity index (χ0v) is 10.6.